The fourth-order valence-corrected chi connectivity index (χ4v) is 5.58. The Morgan fingerprint density at radius 2 is 2.10 bits per heavy atom. The predicted octanol–water partition coefficient (Wildman–Crippen LogP) is 2.64. The van der Waals surface area contributed by atoms with Crippen LogP contribution in [0.15, 0.2) is 28.7 Å². The van der Waals surface area contributed by atoms with Crippen LogP contribution >= 0.6 is 27.7 Å². The summed E-state index contributed by atoms with van der Waals surface area (Å²) in [6.07, 6.45) is 0. The van der Waals surface area contributed by atoms with E-state index in [4.69, 9.17) is 4.74 Å². The van der Waals surface area contributed by atoms with Crippen LogP contribution in [0.2, 0.25) is 0 Å². The van der Waals surface area contributed by atoms with Gasteiger partial charge in [0.05, 0.1) is 0 Å². The van der Waals surface area contributed by atoms with Gasteiger partial charge in [-0.05, 0) is 24.3 Å². The summed E-state index contributed by atoms with van der Waals surface area (Å²) in [5, 5.41) is -0.366. The highest BCUT2D eigenvalue weighted by Crippen LogP contribution is 2.21. The molecule has 1 aromatic rings. The molecule has 4 nitrogen and oxygen atoms in total. The summed E-state index contributed by atoms with van der Waals surface area (Å²) in [5.74, 6) is 2.64. The quantitative estimate of drug-likeness (QED) is 0.743. The van der Waals surface area contributed by atoms with Gasteiger partial charge in [0, 0.05) is 34.8 Å². The first kappa shape index (κ1) is 17.1. The summed E-state index contributed by atoms with van der Waals surface area (Å²) in [4.78, 5) is 2.04. The first-order chi connectivity index (χ1) is 10.0. The van der Waals surface area contributed by atoms with E-state index in [-0.39, 0.29) is 11.1 Å². The maximum absolute atomic E-state index is 12.1. The van der Waals surface area contributed by atoms with Crippen molar-refractivity contribution in [2.24, 2.45) is 0 Å². The summed E-state index contributed by atoms with van der Waals surface area (Å²) in [5.41, 5.74) is 0. The second-order valence-electron chi connectivity index (χ2n) is 4.82. The molecule has 0 aromatic heterocycles. The molecule has 1 aliphatic rings. The number of nitrogens with zero attached hydrogens (tertiary/aromatic N) is 1. The minimum absolute atomic E-state index is 0.197. The van der Waals surface area contributed by atoms with Crippen LogP contribution in [0.3, 0.4) is 0 Å². The van der Waals surface area contributed by atoms with Crippen molar-refractivity contribution < 1.29 is 13.2 Å². The third kappa shape index (κ3) is 4.87. The highest BCUT2D eigenvalue weighted by Gasteiger charge is 2.32. The van der Waals surface area contributed by atoms with Crippen LogP contribution in [0.5, 0.6) is 5.75 Å². The lowest BCUT2D eigenvalue weighted by atomic mass is 10.3. The highest BCUT2D eigenvalue weighted by molar-refractivity contribution is 9.10. The number of hydrogen-bond acceptors (Lipinski definition) is 5. The Morgan fingerprint density at radius 3 is 2.76 bits per heavy atom. The van der Waals surface area contributed by atoms with Crippen molar-refractivity contribution in [3.8, 4) is 5.75 Å². The molecule has 0 bridgehead atoms. The van der Waals surface area contributed by atoms with Crippen molar-refractivity contribution in [3.63, 3.8) is 0 Å². The minimum Gasteiger partial charge on any atom is -0.492 e. The van der Waals surface area contributed by atoms with Gasteiger partial charge < -0.3 is 4.74 Å². The number of hydrogen-bond donors (Lipinski definition) is 0. The molecule has 1 aromatic carbocycles. The molecule has 1 unspecified atom stereocenters. The lowest BCUT2D eigenvalue weighted by molar-refractivity contribution is 0.206. The van der Waals surface area contributed by atoms with Gasteiger partial charge in [0.1, 0.15) is 17.7 Å². The second-order valence-corrected chi connectivity index (χ2v) is 9.33. The summed E-state index contributed by atoms with van der Waals surface area (Å²) >= 11 is 5.09. The van der Waals surface area contributed by atoms with Crippen LogP contribution in [0.4, 0.5) is 0 Å². The molecule has 1 atom stereocenters. The van der Waals surface area contributed by atoms with E-state index in [9.17, 15) is 8.42 Å². The molecule has 1 aliphatic heterocycles. The fraction of sp³-hybridized carbons (Fsp3) is 0.571. The van der Waals surface area contributed by atoms with Crippen molar-refractivity contribution in [1.82, 2.24) is 4.90 Å². The third-order valence-corrected chi connectivity index (χ3v) is 7.33. The Bertz CT molecular complexity index is 548. The van der Waals surface area contributed by atoms with Gasteiger partial charge in [-0.3, -0.25) is 4.90 Å². The monoisotopic (exact) mass is 393 g/mol. The van der Waals surface area contributed by atoms with E-state index in [1.54, 1.807) is 18.7 Å². The first-order valence-corrected chi connectivity index (χ1v) is 10.6. The number of halogens is 1. The van der Waals surface area contributed by atoms with Gasteiger partial charge in [0.15, 0.2) is 9.84 Å². The average molecular weight is 394 g/mol. The molecule has 0 amide bonds. The number of rotatable bonds is 6. The molecule has 1 fully saturated rings. The highest BCUT2D eigenvalue weighted by atomic mass is 79.9. The normalized spacial score (nSPS) is 20.4. The van der Waals surface area contributed by atoms with E-state index in [1.807, 2.05) is 29.2 Å². The van der Waals surface area contributed by atoms with Crippen LogP contribution < -0.4 is 4.74 Å². The number of benzene rings is 1. The van der Waals surface area contributed by atoms with Crippen LogP contribution in [0.1, 0.15) is 6.92 Å². The van der Waals surface area contributed by atoms with Crippen LogP contribution in [-0.2, 0) is 9.84 Å². The molecule has 1 heterocycles. The van der Waals surface area contributed by atoms with E-state index in [0.717, 1.165) is 22.5 Å². The predicted molar refractivity (Wildman–Crippen MR) is 91.8 cm³/mol. The Kier molecular flexibility index (Phi) is 6.40. The van der Waals surface area contributed by atoms with Crippen molar-refractivity contribution >= 4 is 37.5 Å². The Labute approximate surface area is 139 Å². The SMILES string of the molecule is CCS(=O)(=O)C1CSCCN1CCOc1ccc(Br)cc1. The number of ether oxygens (including phenoxy) is 1. The van der Waals surface area contributed by atoms with Crippen molar-refractivity contribution in [1.29, 1.82) is 0 Å². The molecule has 2 rings (SSSR count). The largest absolute Gasteiger partial charge is 0.492 e. The third-order valence-electron chi connectivity index (χ3n) is 3.47. The van der Waals surface area contributed by atoms with E-state index < -0.39 is 9.84 Å². The van der Waals surface area contributed by atoms with E-state index in [2.05, 4.69) is 15.9 Å². The topological polar surface area (TPSA) is 46.6 Å². The van der Waals surface area contributed by atoms with Crippen molar-refractivity contribution in [3.05, 3.63) is 28.7 Å². The van der Waals surface area contributed by atoms with E-state index in [1.165, 1.54) is 0 Å². The smallest absolute Gasteiger partial charge is 0.166 e. The van der Waals surface area contributed by atoms with Crippen LogP contribution in [-0.4, -0.2) is 55.6 Å². The molecule has 0 saturated carbocycles. The van der Waals surface area contributed by atoms with Gasteiger partial charge in [-0.15, -0.1) is 0 Å². The Morgan fingerprint density at radius 1 is 1.38 bits per heavy atom. The Balaban J connectivity index is 1.89. The zero-order valence-electron chi connectivity index (χ0n) is 12.0. The Hall–Kier alpha value is -0.240. The number of sulfone groups is 1. The number of thioether (sulfide) groups is 1. The molecule has 0 radical (unpaired) electrons. The van der Waals surface area contributed by atoms with Crippen molar-refractivity contribution in [2.75, 3.05) is 37.0 Å². The van der Waals surface area contributed by atoms with Gasteiger partial charge in [-0.1, -0.05) is 22.9 Å². The van der Waals surface area contributed by atoms with Crippen LogP contribution in [0, 0.1) is 0 Å². The summed E-state index contributed by atoms with van der Waals surface area (Å²) in [7, 11) is -3.03. The zero-order valence-corrected chi connectivity index (χ0v) is 15.2. The van der Waals surface area contributed by atoms with Crippen LogP contribution in [0.25, 0.3) is 0 Å². The van der Waals surface area contributed by atoms with Gasteiger partial charge in [-0.2, -0.15) is 11.8 Å². The van der Waals surface area contributed by atoms with Gasteiger partial charge in [0.25, 0.3) is 0 Å². The lowest BCUT2D eigenvalue weighted by Crippen LogP contribution is -2.49. The molecule has 1 saturated heterocycles. The molecule has 0 aliphatic carbocycles. The molecule has 7 heteroatoms. The maximum Gasteiger partial charge on any atom is 0.166 e. The molecular formula is C14H20BrNO3S2. The second kappa shape index (κ2) is 7.85. The molecular weight excluding hydrogens is 374 g/mol. The summed E-state index contributed by atoms with van der Waals surface area (Å²) in [6, 6.07) is 7.65. The van der Waals surface area contributed by atoms with Crippen molar-refractivity contribution in [2.45, 2.75) is 12.3 Å². The lowest BCUT2D eigenvalue weighted by Gasteiger charge is -2.34. The zero-order chi connectivity index (χ0) is 15.3. The molecule has 21 heavy (non-hydrogen) atoms. The van der Waals surface area contributed by atoms with E-state index >= 15 is 0 Å². The minimum atomic E-state index is -3.03. The van der Waals surface area contributed by atoms with Gasteiger partial charge >= 0.3 is 0 Å². The van der Waals surface area contributed by atoms with Gasteiger partial charge in [-0.25, -0.2) is 8.42 Å². The maximum atomic E-state index is 12.1. The standard InChI is InChI=1S/C14H20BrNO3S2/c1-2-21(17,18)14-11-20-10-8-16(14)7-9-19-13-5-3-12(15)4-6-13/h3-6,14H,2,7-11H2,1H3. The summed E-state index contributed by atoms with van der Waals surface area (Å²) < 4.78 is 31.0. The van der Waals surface area contributed by atoms with E-state index in [0.29, 0.717) is 18.9 Å². The summed E-state index contributed by atoms with van der Waals surface area (Å²) in [6.45, 7) is 3.66. The first-order valence-electron chi connectivity index (χ1n) is 6.94. The van der Waals surface area contributed by atoms with Gasteiger partial charge in [0.2, 0.25) is 0 Å². The fourth-order valence-electron chi connectivity index (χ4n) is 2.21. The molecule has 0 N–H and O–H groups in total. The average Bonchev–Trinajstić information content (AvgIpc) is 2.50. The molecule has 0 spiro atoms. The molecule has 118 valence electrons.